The molecule has 154 valence electrons. The number of rotatable bonds is 6. The minimum Gasteiger partial charge on any atom is -0.285 e. The summed E-state index contributed by atoms with van der Waals surface area (Å²) in [6, 6.07) is 15.4. The maximum Gasteiger partial charge on any atom is 0.268 e. The highest BCUT2D eigenvalue weighted by Gasteiger charge is 2.29. The summed E-state index contributed by atoms with van der Waals surface area (Å²) in [5.74, 6) is 0.276. The Morgan fingerprint density at radius 2 is 1.73 bits per heavy atom. The standard InChI is InChI=1S/C21H18ClFN4O2S/c1-2-20-24-25-21-19(4-3-13-26(20)21)30(28,29)27(18-11-7-16(22)8-12-18)14-15-5-9-17(23)10-6-15/h3-13H,2,14H2,1H3. The van der Waals surface area contributed by atoms with Crippen LogP contribution in [0, 0.1) is 5.82 Å². The van der Waals surface area contributed by atoms with Crippen LogP contribution in [0.3, 0.4) is 0 Å². The van der Waals surface area contributed by atoms with E-state index in [9.17, 15) is 12.8 Å². The minimum absolute atomic E-state index is 0.0140. The molecule has 0 unspecified atom stereocenters. The van der Waals surface area contributed by atoms with Gasteiger partial charge in [-0.05, 0) is 54.1 Å². The highest BCUT2D eigenvalue weighted by molar-refractivity contribution is 7.93. The first-order valence-corrected chi connectivity index (χ1v) is 11.1. The van der Waals surface area contributed by atoms with Crippen molar-refractivity contribution in [1.29, 1.82) is 0 Å². The molecular formula is C21H18ClFN4O2S. The number of anilines is 1. The zero-order valence-electron chi connectivity index (χ0n) is 16.0. The van der Waals surface area contributed by atoms with Crippen molar-refractivity contribution in [1.82, 2.24) is 14.6 Å². The van der Waals surface area contributed by atoms with Gasteiger partial charge in [-0.2, -0.15) is 0 Å². The summed E-state index contributed by atoms with van der Waals surface area (Å²) in [6.07, 6.45) is 2.35. The number of pyridine rings is 1. The SMILES string of the molecule is CCc1nnc2c(S(=O)(=O)N(Cc3ccc(F)cc3)c3ccc(Cl)cc3)cccn12. The largest absolute Gasteiger partial charge is 0.285 e. The molecule has 9 heteroatoms. The highest BCUT2D eigenvalue weighted by atomic mass is 35.5. The molecule has 4 rings (SSSR count). The van der Waals surface area contributed by atoms with E-state index in [-0.39, 0.29) is 22.9 Å². The van der Waals surface area contributed by atoms with Crippen LogP contribution in [0.1, 0.15) is 18.3 Å². The number of aryl methyl sites for hydroxylation is 1. The molecule has 0 N–H and O–H groups in total. The number of halogens is 2. The first-order valence-electron chi connectivity index (χ1n) is 9.25. The number of aromatic nitrogens is 3. The van der Waals surface area contributed by atoms with Crippen molar-refractivity contribution in [2.75, 3.05) is 4.31 Å². The molecule has 0 aliphatic rings. The normalized spacial score (nSPS) is 11.7. The number of nitrogens with zero attached hydrogens (tertiary/aromatic N) is 4. The van der Waals surface area contributed by atoms with Crippen LogP contribution in [0.2, 0.25) is 5.02 Å². The fourth-order valence-corrected chi connectivity index (χ4v) is 4.88. The lowest BCUT2D eigenvalue weighted by molar-refractivity contribution is 0.590. The van der Waals surface area contributed by atoms with Crippen molar-refractivity contribution in [2.24, 2.45) is 0 Å². The first kappa shape index (κ1) is 20.3. The Morgan fingerprint density at radius 1 is 1.03 bits per heavy atom. The van der Waals surface area contributed by atoms with E-state index in [1.807, 2.05) is 6.92 Å². The Morgan fingerprint density at radius 3 is 2.40 bits per heavy atom. The molecule has 0 bridgehead atoms. The van der Waals surface area contributed by atoms with Gasteiger partial charge in [-0.1, -0.05) is 30.7 Å². The van der Waals surface area contributed by atoms with Crippen LogP contribution in [0.15, 0.2) is 71.8 Å². The summed E-state index contributed by atoms with van der Waals surface area (Å²) >= 11 is 5.99. The zero-order valence-corrected chi connectivity index (χ0v) is 17.6. The second kappa shape index (κ2) is 8.04. The van der Waals surface area contributed by atoms with Crippen LogP contribution in [-0.4, -0.2) is 23.0 Å². The topological polar surface area (TPSA) is 67.6 Å². The van der Waals surface area contributed by atoms with E-state index < -0.39 is 10.0 Å². The van der Waals surface area contributed by atoms with Crippen LogP contribution < -0.4 is 4.31 Å². The van der Waals surface area contributed by atoms with Crippen LogP contribution in [0.25, 0.3) is 5.65 Å². The van der Waals surface area contributed by atoms with E-state index >= 15 is 0 Å². The molecule has 0 fully saturated rings. The molecule has 0 amide bonds. The van der Waals surface area contributed by atoms with Gasteiger partial charge in [0.2, 0.25) is 0 Å². The molecule has 0 spiro atoms. The monoisotopic (exact) mass is 444 g/mol. The van der Waals surface area contributed by atoms with E-state index in [1.165, 1.54) is 22.5 Å². The van der Waals surface area contributed by atoms with Gasteiger partial charge in [-0.3, -0.25) is 8.71 Å². The lowest BCUT2D eigenvalue weighted by Gasteiger charge is -2.25. The van der Waals surface area contributed by atoms with Gasteiger partial charge >= 0.3 is 0 Å². The van der Waals surface area contributed by atoms with E-state index in [4.69, 9.17) is 11.6 Å². The molecule has 0 saturated heterocycles. The molecule has 2 heterocycles. The Labute approximate surface area is 178 Å². The summed E-state index contributed by atoms with van der Waals surface area (Å²) in [6.45, 7) is 1.94. The van der Waals surface area contributed by atoms with E-state index in [0.29, 0.717) is 28.5 Å². The molecule has 0 aliphatic carbocycles. The van der Waals surface area contributed by atoms with Gasteiger partial charge in [0.25, 0.3) is 10.0 Å². The molecular weight excluding hydrogens is 427 g/mol. The fourth-order valence-electron chi connectivity index (χ4n) is 3.18. The van der Waals surface area contributed by atoms with Gasteiger partial charge in [0.1, 0.15) is 16.5 Å². The predicted octanol–water partition coefficient (Wildman–Crippen LogP) is 4.48. The van der Waals surface area contributed by atoms with Gasteiger partial charge < -0.3 is 0 Å². The van der Waals surface area contributed by atoms with Crippen molar-refractivity contribution in [2.45, 2.75) is 24.8 Å². The molecule has 2 aromatic heterocycles. The first-order chi connectivity index (χ1) is 14.4. The third-order valence-corrected chi connectivity index (χ3v) is 6.75. The number of fused-ring (bicyclic) bond motifs is 1. The van der Waals surface area contributed by atoms with Crippen molar-refractivity contribution >= 4 is 33.0 Å². The quantitative estimate of drug-likeness (QED) is 0.439. The Kier molecular flexibility index (Phi) is 5.44. The van der Waals surface area contributed by atoms with E-state index in [1.54, 1.807) is 53.1 Å². The molecule has 6 nitrogen and oxygen atoms in total. The van der Waals surface area contributed by atoms with Crippen LogP contribution >= 0.6 is 11.6 Å². The molecule has 0 aliphatic heterocycles. The van der Waals surface area contributed by atoms with Gasteiger partial charge in [-0.15, -0.1) is 10.2 Å². The second-order valence-electron chi connectivity index (χ2n) is 6.65. The maximum absolute atomic E-state index is 13.7. The van der Waals surface area contributed by atoms with Crippen molar-refractivity contribution < 1.29 is 12.8 Å². The lowest BCUT2D eigenvalue weighted by atomic mass is 10.2. The average Bonchev–Trinajstić information content (AvgIpc) is 3.17. The molecule has 4 aromatic rings. The van der Waals surface area contributed by atoms with E-state index in [0.717, 1.165) is 0 Å². The number of hydrogen-bond acceptors (Lipinski definition) is 4. The number of sulfonamides is 1. The third-order valence-electron chi connectivity index (χ3n) is 4.71. The minimum atomic E-state index is -4.02. The third kappa shape index (κ3) is 3.76. The maximum atomic E-state index is 13.7. The highest BCUT2D eigenvalue weighted by Crippen LogP contribution is 2.29. The Balaban J connectivity index is 1.86. The van der Waals surface area contributed by atoms with Crippen LogP contribution in [-0.2, 0) is 23.0 Å². The molecule has 0 radical (unpaired) electrons. The van der Waals surface area contributed by atoms with Crippen molar-refractivity contribution in [3.63, 3.8) is 0 Å². The summed E-state index contributed by atoms with van der Waals surface area (Å²) in [7, 11) is -4.02. The predicted molar refractivity (Wildman–Crippen MR) is 114 cm³/mol. The fraction of sp³-hybridized carbons (Fsp3) is 0.143. The summed E-state index contributed by atoms with van der Waals surface area (Å²) in [4.78, 5) is 0.0364. The van der Waals surface area contributed by atoms with Gasteiger partial charge in [0.15, 0.2) is 5.65 Å². The summed E-state index contributed by atoms with van der Waals surface area (Å²) in [5, 5.41) is 8.69. The van der Waals surface area contributed by atoms with Gasteiger partial charge in [0, 0.05) is 17.6 Å². The number of hydrogen-bond donors (Lipinski definition) is 0. The lowest BCUT2D eigenvalue weighted by Crippen LogP contribution is -2.31. The number of benzene rings is 2. The molecule has 30 heavy (non-hydrogen) atoms. The smallest absolute Gasteiger partial charge is 0.268 e. The van der Waals surface area contributed by atoms with Crippen molar-refractivity contribution in [3.8, 4) is 0 Å². The average molecular weight is 445 g/mol. The second-order valence-corrected chi connectivity index (χ2v) is 8.92. The Hall–Kier alpha value is -2.97. The van der Waals surface area contributed by atoms with Crippen LogP contribution in [0.4, 0.5) is 10.1 Å². The molecule has 0 saturated carbocycles. The zero-order chi connectivity index (χ0) is 21.3. The summed E-state index contributed by atoms with van der Waals surface area (Å²) in [5.41, 5.74) is 1.32. The summed E-state index contributed by atoms with van der Waals surface area (Å²) < 4.78 is 43.7. The van der Waals surface area contributed by atoms with Crippen molar-refractivity contribution in [3.05, 3.63) is 89.1 Å². The van der Waals surface area contributed by atoms with Gasteiger partial charge in [0.05, 0.1) is 12.2 Å². The Bertz CT molecular complexity index is 1290. The molecule has 2 aromatic carbocycles. The van der Waals surface area contributed by atoms with E-state index in [2.05, 4.69) is 10.2 Å². The van der Waals surface area contributed by atoms with Gasteiger partial charge in [-0.25, -0.2) is 12.8 Å². The van der Waals surface area contributed by atoms with Crippen LogP contribution in [0.5, 0.6) is 0 Å². The molecule has 0 atom stereocenters.